The summed E-state index contributed by atoms with van der Waals surface area (Å²) in [5.74, 6) is 0.698. The largest absolute Gasteiger partial charge is 0.483 e. The quantitative estimate of drug-likeness (QED) is 0.890. The number of amides is 1. The number of ether oxygens (including phenoxy) is 1. The number of rotatable bonds is 5. The molecule has 1 aromatic rings. The summed E-state index contributed by atoms with van der Waals surface area (Å²) in [7, 11) is 0. The number of carbonyl (C=O) groups excluding carboxylic acids is 1. The van der Waals surface area contributed by atoms with Gasteiger partial charge in [-0.2, -0.15) is 0 Å². The van der Waals surface area contributed by atoms with Crippen LogP contribution >= 0.6 is 0 Å². The molecule has 0 aliphatic carbocycles. The van der Waals surface area contributed by atoms with Crippen molar-refractivity contribution in [2.45, 2.75) is 60.4 Å². The monoisotopic (exact) mass is 291 g/mol. The minimum Gasteiger partial charge on any atom is -0.483 e. The van der Waals surface area contributed by atoms with Crippen LogP contribution in [0.15, 0.2) is 18.2 Å². The lowest BCUT2D eigenvalue weighted by Crippen LogP contribution is -2.47. The number of aryl methyl sites for hydroxylation is 2. The predicted molar refractivity (Wildman–Crippen MR) is 87.7 cm³/mol. The third-order valence-electron chi connectivity index (χ3n) is 3.15. The van der Waals surface area contributed by atoms with Gasteiger partial charge in [0, 0.05) is 5.54 Å². The fourth-order valence-electron chi connectivity index (χ4n) is 2.79. The number of benzene rings is 1. The predicted octanol–water partition coefficient (Wildman–Crippen LogP) is 4.01. The van der Waals surface area contributed by atoms with Crippen molar-refractivity contribution in [1.82, 2.24) is 5.32 Å². The topological polar surface area (TPSA) is 38.3 Å². The Kier molecular flexibility index (Phi) is 5.43. The van der Waals surface area contributed by atoms with Gasteiger partial charge < -0.3 is 10.1 Å². The molecule has 118 valence electrons. The maximum Gasteiger partial charge on any atom is 0.258 e. The lowest BCUT2D eigenvalue weighted by molar-refractivity contribution is -0.125. The molecule has 0 aliphatic rings. The molecule has 1 N–H and O–H groups in total. The van der Waals surface area contributed by atoms with E-state index < -0.39 is 0 Å². The lowest BCUT2D eigenvalue weighted by Gasteiger charge is -2.33. The maximum absolute atomic E-state index is 12.1. The Morgan fingerprint density at radius 2 is 1.76 bits per heavy atom. The smallest absolute Gasteiger partial charge is 0.258 e. The van der Waals surface area contributed by atoms with Gasteiger partial charge in [0.05, 0.1) is 0 Å². The van der Waals surface area contributed by atoms with Crippen LogP contribution in [-0.2, 0) is 4.79 Å². The molecule has 0 saturated carbocycles. The first-order valence-electron chi connectivity index (χ1n) is 7.50. The maximum atomic E-state index is 12.1. The molecule has 0 radical (unpaired) electrons. The molecule has 0 aromatic heterocycles. The first-order chi connectivity index (χ1) is 9.48. The Morgan fingerprint density at radius 3 is 2.33 bits per heavy atom. The van der Waals surface area contributed by atoms with Gasteiger partial charge in [0.25, 0.3) is 5.91 Å². The van der Waals surface area contributed by atoms with Crippen molar-refractivity contribution in [2.24, 2.45) is 5.41 Å². The van der Waals surface area contributed by atoms with Crippen molar-refractivity contribution < 1.29 is 9.53 Å². The molecular weight excluding hydrogens is 262 g/mol. The number of hydrogen-bond acceptors (Lipinski definition) is 2. The Morgan fingerprint density at radius 1 is 1.14 bits per heavy atom. The van der Waals surface area contributed by atoms with Crippen LogP contribution in [0.5, 0.6) is 5.75 Å². The van der Waals surface area contributed by atoms with Crippen molar-refractivity contribution in [1.29, 1.82) is 0 Å². The first-order valence-corrected chi connectivity index (χ1v) is 7.50. The van der Waals surface area contributed by atoms with Crippen molar-refractivity contribution in [3.05, 3.63) is 29.3 Å². The standard InChI is InChI=1S/C18H29NO2/c1-13-8-9-14(2)15(10-13)21-11-16(20)19-18(6,7)12-17(3,4)5/h8-10H,11-12H2,1-7H3,(H,19,20). The summed E-state index contributed by atoms with van der Waals surface area (Å²) in [5.41, 5.74) is 2.11. The second-order valence-corrected chi connectivity index (χ2v) is 7.73. The van der Waals surface area contributed by atoms with E-state index in [-0.39, 0.29) is 23.5 Å². The van der Waals surface area contributed by atoms with Gasteiger partial charge >= 0.3 is 0 Å². The third-order valence-corrected chi connectivity index (χ3v) is 3.15. The van der Waals surface area contributed by atoms with Crippen LogP contribution in [0.3, 0.4) is 0 Å². The molecule has 1 aromatic carbocycles. The minimum atomic E-state index is -0.236. The van der Waals surface area contributed by atoms with Gasteiger partial charge in [0.2, 0.25) is 0 Å². The van der Waals surface area contributed by atoms with Crippen LogP contribution < -0.4 is 10.1 Å². The third kappa shape index (κ3) is 6.65. The molecular formula is C18H29NO2. The van der Waals surface area contributed by atoms with E-state index in [4.69, 9.17) is 4.74 Å². The summed E-state index contributed by atoms with van der Waals surface area (Å²) in [5, 5.41) is 3.05. The van der Waals surface area contributed by atoms with Gasteiger partial charge in [0.1, 0.15) is 5.75 Å². The number of carbonyl (C=O) groups is 1. The van der Waals surface area contributed by atoms with E-state index in [0.29, 0.717) is 0 Å². The van der Waals surface area contributed by atoms with Gasteiger partial charge in [-0.15, -0.1) is 0 Å². The summed E-state index contributed by atoms with van der Waals surface area (Å²) in [6, 6.07) is 6.00. The summed E-state index contributed by atoms with van der Waals surface area (Å²) in [6.07, 6.45) is 0.912. The van der Waals surface area contributed by atoms with E-state index in [1.807, 2.05) is 45.9 Å². The van der Waals surface area contributed by atoms with E-state index in [1.54, 1.807) is 0 Å². The zero-order valence-corrected chi connectivity index (χ0v) is 14.5. The molecule has 1 rings (SSSR count). The normalized spacial score (nSPS) is 12.1. The Balaban J connectivity index is 2.56. The zero-order chi connectivity index (χ0) is 16.3. The fourth-order valence-corrected chi connectivity index (χ4v) is 2.79. The summed E-state index contributed by atoms with van der Waals surface area (Å²) >= 11 is 0. The first kappa shape index (κ1) is 17.5. The molecule has 21 heavy (non-hydrogen) atoms. The van der Waals surface area contributed by atoms with Crippen LogP contribution in [0.1, 0.15) is 52.2 Å². The molecule has 0 bridgehead atoms. The van der Waals surface area contributed by atoms with Gasteiger partial charge in [0.15, 0.2) is 6.61 Å². The molecule has 3 heteroatoms. The number of nitrogens with one attached hydrogen (secondary N) is 1. The summed E-state index contributed by atoms with van der Waals surface area (Å²) < 4.78 is 5.64. The van der Waals surface area contributed by atoms with Crippen molar-refractivity contribution in [2.75, 3.05) is 6.61 Å². The van der Waals surface area contributed by atoms with E-state index in [2.05, 4.69) is 26.1 Å². The highest BCUT2D eigenvalue weighted by atomic mass is 16.5. The average molecular weight is 291 g/mol. The Hall–Kier alpha value is -1.51. The second-order valence-electron chi connectivity index (χ2n) is 7.73. The molecule has 0 unspecified atom stereocenters. The van der Waals surface area contributed by atoms with Gasteiger partial charge in [-0.1, -0.05) is 32.9 Å². The average Bonchev–Trinajstić information content (AvgIpc) is 2.26. The van der Waals surface area contributed by atoms with E-state index in [1.165, 1.54) is 0 Å². The lowest BCUT2D eigenvalue weighted by atomic mass is 9.82. The molecule has 0 aliphatic heterocycles. The van der Waals surface area contributed by atoms with Crippen molar-refractivity contribution in [3.63, 3.8) is 0 Å². The Labute approximate surface area is 129 Å². The molecule has 1 amide bonds. The highest BCUT2D eigenvalue weighted by Crippen LogP contribution is 2.26. The van der Waals surface area contributed by atoms with Crippen molar-refractivity contribution >= 4 is 5.91 Å². The molecule has 0 atom stereocenters. The molecule has 0 fully saturated rings. The number of hydrogen-bond donors (Lipinski definition) is 1. The van der Waals surface area contributed by atoms with E-state index >= 15 is 0 Å². The second kappa shape index (κ2) is 6.50. The van der Waals surface area contributed by atoms with E-state index in [9.17, 15) is 4.79 Å². The van der Waals surface area contributed by atoms with Crippen LogP contribution in [0, 0.1) is 19.3 Å². The van der Waals surface area contributed by atoms with Crippen LogP contribution in [0.2, 0.25) is 0 Å². The van der Waals surface area contributed by atoms with Crippen LogP contribution in [0.4, 0.5) is 0 Å². The summed E-state index contributed by atoms with van der Waals surface area (Å²) in [4.78, 5) is 12.1. The minimum absolute atomic E-state index is 0.0534. The molecule has 0 spiro atoms. The van der Waals surface area contributed by atoms with Gasteiger partial charge in [-0.25, -0.2) is 0 Å². The Bertz CT molecular complexity index is 498. The zero-order valence-electron chi connectivity index (χ0n) is 14.5. The molecule has 3 nitrogen and oxygen atoms in total. The highest BCUT2D eigenvalue weighted by Gasteiger charge is 2.27. The van der Waals surface area contributed by atoms with Gasteiger partial charge in [-0.05, 0) is 56.7 Å². The van der Waals surface area contributed by atoms with Crippen LogP contribution in [-0.4, -0.2) is 18.1 Å². The SMILES string of the molecule is Cc1ccc(C)c(OCC(=O)NC(C)(C)CC(C)(C)C)c1. The fraction of sp³-hybridized carbons (Fsp3) is 0.611. The van der Waals surface area contributed by atoms with Gasteiger partial charge in [-0.3, -0.25) is 4.79 Å². The molecule has 0 saturated heterocycles. The van der Waals surface area contributed by atoms with Crippen molar-refractivity contribution in [3.8, 4) is 5.75 Å². The highest BCUT2D eigenvalue weighted by molar-refractivity contribution is 5.78. The molecule has 0 heterocycles. The van der Waals surface area contributed by atoms with Crippen LogP contribution in [0.25, 0.3) is 0 Å². The van der Waals surface area contributed by atoms with E-state index in [0.717, 1.165) is 23.3 Å². The summed E-state index contributed by atoms with van der Waals surface area (Å²) in [6.45, 7) is 14.7.